The molecule has 2 fully saturated rings. The summed E-state index contributed by atoms with van der Waals surface area (Å²) in [5, 5.41) is 8.86. The number of aliphatic carboxylic acids is 1. The highest BCUT2D eigenvalue weighted by Crippen LogP contribution is 2.50. The number of carbonyl (C=O) groups is 2. The lowest BCUT2D eigenvalue weighted by molar-refractivity contribution is -0.140. The molecule has 130 valence electrons. The first-order valence-electron chi connectivity index (χ1n) is 8.44. The van der Waals surface area contributed by atoms with Crippen LogP contribution in [0.3, 0.4) is 0 Å². The van der Waals surface area contributed by atoms with E-state index < -0.39 is 17.6 Å². The Morgan fingerprint density at radius 3 is 2.75 bits per heavy atom. The van der Waals surface area contributed by atoms with Crippen molar-refractivity contribution in [1.82, 2.24) is 4.90 Å². The predicted octanol–water partition coefficient (Wildman–Crippen LogP) is 3.31. The number of halogens is 2. The highest BCUT2D eigenvalue weighted by Gasteiger charge is 2.48. The smallest absolute Gasteiger partial charge is 0.303 e. The minimum atomic E-state index is -0.856. The quantitative estimate of drug-likeness (QED) is 0.897. The average Bonchev–Trinajstić information content (AvgIpc) is 3.33. The molecule has 1 saturated heterocycles. The first-order chi connectivity index (χ1) is 11.5. The van der Waals surface area contributed by atoms with E-state index in [4.69, 9.17) is 5.11 Å². The molecule has 3 atom stereocenters. The van der Waals surface area contributed by atoms with Gasteiger partial charge in [0.25, 0.3) is 0 Å². The molecule has 1 aliphatic carbocycles. The molecule has 1 aliphatic heterocycles. The van der Waals surface area contributed by atoms with Gasteiger partial charge in [0, 0.05) is 31.0 Å². The molecule has 3 unspecified atom stereocenters. The number of rotatable bonds is 5. The van der Waals surface area contributed by atoms with Crippen molar-refractivity contribution in [3.8, 4) is 0 Å². The number of hydrogen-bond donors (Lipinski definition) is 1. The normalized spacial score (nSPS) is 26.2. The summed E-state index contributed by atoms with van der Waals surface area (Å²) in [6.07, 6.45) is 3.82. The monoisotopic (exact) mass is 337 g/mol. The Bertz CT molecular complexity index is 649. The van der Waals surface area contributed by atoms with Gasteiger partial charge in [-0.2, -0.15) is 0 Å². The molecule has 0 bridgehead atoms. The second kappa shape index (κ2) is 6.87. The topological polar surface area (TPSA) is 57.6 Å². The summed E-state index contributed by atoms with van der Waals surface area (Å²) in [4.78, 5) is 25.3. The maximum atomic E-state index is 13.9. The van der Waals surface area contributed by atoms with Gasteiger partial charge < -0.3 is 10.0 Å². The molecule has 24 heavy (non-hydrogen) atoms. The van der Waals surface area contributed by atoms with Crippen LogP contribution in [0.5, 0.6) is 0 Å². The zero-order valence-electron chi connectivity index (χ0n) is 13.4. The number of carboxylic acid groups (broad SMARTS) is 1. The maximum absolute atomic E-state index is 13.9. The molecule has 2 aliphatic rings. The van der Waals surface area contributed by atoms with Crippen LogP contribution in [0, 0.1) is 17.6 Å². The fraction of sp³-hybridized carbons (Fsp3) is 0.556. The molecule has 1 aromatic rings. The Morgan fingerprint density at radius 1 is 1.25 bits per heavy atom. The molecule has 0 aromatic heterocycles. The van der Waals surface area contributed by atoms with Crippen LogP contribution >= 0.6 is 0 Å². The fourth-order valence-corrected chi connectivity index (χ4v) is 3.71. The third-order valence-electron chi connectivity index (χ3n) is 5.07. The fourth-order valence-electron chi connectivity index (χ4n) is 3.71. The van der Waals surface area contributed by atoms with Gasteiger partial charge in [0.15, 0.2) is 0 Å². The van der Waals surface area contributed by atoms with Gasteiger partial charge >= 0.3 is 5.97 Å². The van der Waals surface area contributed by atoms with E-state index >= 15 is 0 Å². The molecule has 1 N–H and O–H groups in total. The lowest BCUT2D eigenvalue weighted by atomic mass is 9.97. The Kier molecular flexibility index (Phi) is 4.83. The third-order valence-corrected chi connectivity index (χ3v) is 5.07. The Labute approximate surface area is 139 Å². The SMILES string of the molecule is O=C(O)CCC1CCCCN1C(=O)C1CC1c1ccc(F)cc1F. The van der Waals surface area contributed by atoms with Crippen LogP contribution in [0.25, 0.3) is 0 Å². The lowest BCUT2D eigenvalue weighted by Crippen LogP contribution is -2.44. The van der Waals surface area contributed by atoms with E-state index in [9.17, 15) is 18.4 Å². The van der Waals surface area contributed by atoms with Crippen molar-refractivity contribution in [2.45, 2.75) is 50.5 Å². The number of amides is 1. The van der Waals surface area contributed by atoms with Gasteiger partial charge in [-0.05, 0) is 49.7 Å². The summed E-state index contributed by atoms with van der Waals surface area (Å²) in [5.41, 5.74) is 0.397. The molecule has 3 rings (SSSR count). The van der Waals surface area contributed by atoms with E-state index in [1.807, 2.05) is 0 Å². The molecule has 1 saturated carbocycles. The Morgan fingerprint density at radius 2 is 2.04 bits per heavy atom. The highest BCUT2D eigenvalue weighted by atomic mass is 19.1. The zero-order chi connectivity index (χ0) is 17.3. The van der Waals surface area contributed by atoms with Gasteiger partial charge in [-0.15, -0.1) is 0 Å². The number of piperidine rings is 1. The summed E-state index contributed by atoms with van der Waals surface area (Å²) in [5.74, 6) is -2.55. The first-order valence-corrected chi connectivity index (χ1v) is 8.44. The minimum Gasteiger partial charge on any atom is -0.481 e. The highest BCUT2D eigenvalue weighted by molar-refractivity contribution is 5.83. The van der Waals surface area contributed by atoms with Crippen LogP contribution in [0.15, 0.2) is 18.2 Å². The molecule has 1 heterocycles. The van der Waals surface area contributed by atoms with Crippen LogP contribution in [-0.2, 0) is 9.59 Å². The summed E-state index contributed by atoms with van der Waals surface area (Å²) in [7, 11) is 0. The Hall–Kier alpha value is -1.98. The summed E-state index contributed by atoms with van der Waals surface area (Å²) in [6, 6.07) is 3.45. The van der Waals surface area contributed by atoms with Gasteiger partial charge in [0.05, 0.1) is 0 Å². The molecular formula is C18H21F2NO3. The number of hydrogen-bond acceptors (Lipinski definition) is 2. The zero-order valence-corrected chi connectivity index (χ0v) is 13.4. The summed E-state index contributed by atoms with van der Waals surface area (Å²) in [6.45, 7) is 0.637. The number of nitrogens with zero attached hydrogens (tertiary/aromatic N) is 1. The summed E-state index contributed by atoms with van der Waals surface area (Å²) >= 11 is 0. The molecule has 1 aromatic carbocycles. The van der Waals surface area contributed by atoms with E-state index in [0.29, 0.717) is 24.9 Å². The molecule has 1 amide bonds. The number of likely N-dealkylation sites (tertiary alicyclic amines) is 1. The molecule has 0 spiro atoms. The van der Waals surface area contributed by atoms with Gasteiger partial charge in [-0.3, -0.25) is 9.59 Å². The molecule has 4 nitrogen and oxygen atoms in total. The van der Waals surface area contributed by atoms with Crippen LogP contribution in [-0.4, -0.2) is 34.5 Å². The maximum Gasteiger partial charge on any atom is 0.303 e. The first kappa shape index (κ1) is 16.9. The van der Waals surface area contributed by atoms with Crippen LogP contribution < -0.4 is 0 Å². The third kappa shape index (κ3) is 3.57. The van der Waals surface area contributed by atoms with E-state index in [1.54, 1.807) is 4.90 Å². The lowest BCUT2D eigenvalue weighted by Gasteiger charge is -2.36. The van der Waals surface area contributed by atoms with Crippen molar-refractivity contribution >= 4 is 11.9 Å². The Balaban J connectivity index is 1.66. The molecule has 6 heteroatoms. The number of carbonyl (C=O) groups excluding carboxylic acids is 1. The van der Waals surface area contributed by atoms with Crippen molar-refractivity contribution < 1.29 is 23.5 Å². The van der Waals surface area contributed by atoms with E-state index in [1.165, 1.54) is 12.1 Å². The average molecular weight is 337 g/mol. The van der Waals surface area contributed by atoms with Crippen LogP contribution in [0.2, 0.25) is 0 Å². The second-order valence-corrected chi connectivity index (χ2v) is 6.73. The molecular weight excluding hydrogens is 316 g/mol. The predicted molar refractivity (Wildman–Crippen MR) is 83.4 cm³/mol. The van der Waals surface area contributed by atoms with Crippen molar-refractivity contribution in [1.29, 1.82) is 0 Å². The van der Waals surface area contributed by atoms with Gasteiger partial charge in [0.2, 0.25) is 5.91 Å². The van der Waals surface area contributed by atoms with Gasteiger partial charge in [0.1, 0.15) is 11.6 Å². The largest absolute Gasteiger partial charge is 0.481 e. The standard InChI is InChI=1S/C18H21F2NO3/c19-11-4-6-13(16(20)9-11)14-10-15(14)18(24)21-8-2-1-3-12(21)5-7-17(22)23/h4,6,9,12,14-15H,1-3,5,7-8,10H2,(H,22,23). The van der Waals surface area contributed by atoms with Crippen LogP contribution in [0.4, 0.5) is 8.78 Å². The number of carboxylic acids is 1. The van der Waals surface area contributed by atoms with Crippen molar-refractivity contribution in [2.75, 3.05) is 6.54 Å². The van der Waals surface area contributed by atoms with Gasteiger partial charge in [-0.25, -0.2) is 8.78 Å². The van der Waals surface area contributed by atoms with E-state index in [0.717, 1.165) is 25.3 Å². The molecule has 0 radical (unpaired) electrons. The summed E-state index contributed by atoms with van der Waals surface area (Å²) < 4.78 is 26.9. The van der Waals surface area contributed by atoms with Crippen LogP contribution in [0.1, 0.15) is 50.0 Å². The van der Waals surface area contributed by atoms with E-state index in [2.05, 4.69) is 0 Å². The van der Waals surface area contributed by atoms with Gasteiger partial charge in [-0.1, -0.05) is 6.07 Å². The van der Waals surface area contributed by atoms with Crippen molar-refractivity contribution in [3.05, 3.63) is 35.4 Å². The minimum absolute atomic E-state index is 0.0150. The second-order valence-electron chi connectivity index (χ2n) is 6.73. The van der Waals surface area contributed by atoms with Crippen molar-refractivity contribution in [3.63, 3.8) is 0 Å². The van der Waals surface area contributed by atoms with E-state index in [-0.39, 0.29) is 30.2 Å². The number of benzene rings is 1. The van der Waals surface area contributed by atoms with Crippen molar-refractivity contribution in [2.24, 2.45) is 5.92 Å².